The van der Waals surface area contributed by atoms with Crippen molar-refractivity contribution >= 4 is 44.8 Å². The van der Waals surface area contributed by atoms with Gasteiger partial charge in [-0.2, -0.15) is 4.31 Å². The van der Waals surface area contributed by atoms with E-state index in [4.69, 9.17) is 11.6 Å². The lowest BCUT2D eigenvalue weighted by molar-refractivity contribution is 0.102. The van der Waals surface area contributed by atoms with Crippen LogP contribution in [0.4, 0.5) is 11.4 Å². The van der Waals surface area contributed by atoms with E-state index in [0.29, 0.717) is 35.4 Å². The molecule has 0 saturated carbocycles. The highest BCUT2D eigenvalue weighted by atomic mass is 35.5. The molecule has 9 heteroatoms. The lowest BCUT2D eigenvalue weighted by Gasteiger charge is -2.29. The summed E-state index contributed by atoms with van der Waals surface area (Å²) in [6, 6.07) is 19.3. The molecule has 182 valence electrons. The molecule has 2 N–H and O–H groups in total. The maximum atomic E-state index is 13.1. The fourth-order valence-electron chi connectivity index (χ4n) is 3.89. The van der Waals surface area contributed by atoms with Crippen LogP contribution in [-0.4, -0.2) is 37.6 Å². The van der Waals surface area contributed by atoms with E-state index < -0.39 is 21.8 Å². The first-order valence-electron chi connectivity index (χ1n) is 11.3. The molecular formula is C26H26ClN3O4S. The Balaban J connectivity index is 1.52. The number of benzene rings is 3. The molecule has 0 bridgehead atoms. The van der Waals surface area contributed by atoms with Gasteiger partial charge in [0.2, 0.25) is 10.0 Å². The smallest absolute Gasteiger partial charge is 0.257 e. The molecule has 3 aromatic rings. The highest BCUT2D eigenvalue weighted by Crippen LogP contribution is 2.25. The molecule has 7 nitrogen and oxygen atoms in total. The van der Waals surface area contributed by atoms with Crippen LogP contribution >= 0.6 is 11.6 Å². The van der Waals surface area contributed by atoms with Gasteiger partial charge >= 0.3 is 0 Å². The summed E-state index contributed by atoms with van der Waals surface area (Å²) >= 11 is 5.89. The summed E-state index contributed by atoms with van der Waals surface area (Å²) in [5.74, 6) is -0.421. The highest BCUT2D eigenvalue weighted by Gasteiger charge is 2.28. The first-order chi connectivity index (χ1) is 16.7. The van der Waals surface area contributed by atoms with E-state index in [1.54, 1.807) is 60.7 Å². The first kappa shape index (κ1) is 24.9. The quantitative estimate of drug-likeness (QED) is 0.471. The third kappa shape index (κ3) is 5.90. The van der Waals surface area contributed by atoms with Crippen molar-refractivity contribution in [3.05, 3.63) is 88.9 Å². The standard InChI is InChI=1S/C26H26ClN3O4S/c1-18-13-15-30(16-14-18)35(33,34)22-6-4-5-19(17-22)25(31)29-24-8-3-2-7-23(24)26(32)28-21-11-9-20(27)10-12-21/h2-12,17-18H,13-16H2,1H3,(H,28,32)(H,29,31). The molecule has 1 heterocycles. The van der Waals surface area contributed by atoms with Crippen LogP contribution in [-0.2, 0) is 10.0 Å². The Morgan fingerprint density at radius 3 is 2.29 bits per heavy atom. The van der Waals surface area contributed by atoms with Crippen molar-refractivity contribution in [3.63, 3.8) is 0 Å². The molecule has 1 aliphatic rings. The molecule has 0 aliphatic carbocycles. The Hall–Kier alpha value is -3.20. The Morgan fingerprint density at radius 2 is 1.57 bits per heavy atom. The number of nitrogens with zero attached hydrogens (tertiary/aromatic N) is 1. The van der Waals surface area contributed by atoms with Crippen molar-refractivity contribution in [1.29, 1.82) is 0 Å². The normalized spacial score (nSPS) is 14.9. The van der Waals surface area contributed by atoms with Gasteiger partial charge in [0.25, 0.3) is 11.8 Å². The van der Waals surface area contributed by atoms with Crippen molar-refractivity contribution < 1.29 is 18.0 Å². The van der Waals surface area contributed by atoms with Gasteiger partial charge in [0.1, 0.15) is 0 Å². The number of hydrogen-bond acceptors (Lipinski definition) is 4. The van der Waals surface area contributed by atoms with Gasteiger partial charge in [-0.05, 0) is 73.4 Å². The molecule has 35 heavy (non-hydrogen) atoms. The number of nitrogens with one attached hydrogen (secondary N) is 2. The molecule has 2 amide bonds. The molecule has 3 aromatic carbocycles. The van der Waals surface area contributed by atoms with Gasteiger partial charge in [-0.15, -0.1) is 0 Å². The molecule has 0 spiro atoms. The Kier molecular flexibility index (Phi) is 7.54. The van der Waals surface area contributed by atoms with Crippen LogP contribution < -0.4 is 10.6 Å². The second-order valence-corrected chi connectivity index (χ2v) is 10.9. The van der Waals surface area contributed by atoms with Gasteiger partial charge in [0, 0.05) is 29.4 Å². The van der Waals surface area contributed by atoms with Crippen LogP contribution in [0.25, 0.3) is 0 Å². The fraction of sp³-hybridized carbons (Fsp3) is 0.231. The van der Waals surface area contributed by atoms with Gasteiger partial charge in [0.15, 0.2) is 0 Å². The summed E-state index contributed by atoms with van der Waals surface area (Å²) in [5, 5.41) is 6.06. The molecular weight excluding hydrogens is 486 g/mol. The summed E-state index contributed by atoms with van der Waals surface area (Å²) in [6.07, 6.45) is 1.63. The fourth-order valence-corrected chi connectivity index (χ4v) is 5.53. The molecule has 0 atom stereocenters. The van der Waals surface area contributed by atoms with Crippen LogP contribution in [0.2, 0.25) is 5.02 Å². The van der Waals surface area contributed by atoms with E-state index >= 15 is 0 Å². The van der Waals surface area contributed by atoms with Gasteiger partial charge in [-0.1, -0.05) is 36.7 Å². The van der Waals surface area contributed by atoms with Gasteiger partial charge in [-0.3, -0.25) is 9.59 Å². The summed E-state index contributed by atoms with van der Waals surface area (Å²) in [5.41, 5.74) is 1.32. The summed E-state index contributed by atoms with van der Waals surface area (Å²) in [6.45, 7) is 3.05. The topological polar surface area (TPSA) is 95.6 Å². The van der Waals surface area contributed by atoms with Gasteiger partial charge in [-0.25, -0.2) is 8.42 Å². The van der Waals surface area contributed by atoms with E-state index in [-0.39, 0.29) is 16.0 Å². The third-order valence-electron chi connectivity index (χ3n) is 6.00. The van der Waals surface area contributed by atoms with E-state index in [1.165, 1.54) is 16.4 Å². The Labute approximate surface area is 210 Å². The predicted octanol–water partition coefficient (Wildman–Crippen LogP) is 5.27. The minimum absolute atomic E-state index is 0.0773. The van der Waals surface area contributed by atoms with E-state index in [2.05, 4.69) is 17.6 Å². The van der Waals surface area contributed by atoms with Crippen LogP contribution in [0.1, 0.15) is 40.5 Å². The average Bonchev–Trinajstić information content (AvgIpc) is 2.86. The molecule has 1 fully saturated rings. The largest absolute Gasteiger partial charge is 0.322 e. The van der Waals surface area contributed by atoms with Crippen molar-refractivity contribution in [3.8, 4) is 0 Å². The maximum Gasteiger partial charge on any atom is 0.257 e. The number of halogens is 1. The van der Waals surface area contributed by atoms with Crippen molar-refractivity contribution in [2.75, 3.05) is 23.7 Å². The van der Waals surface area contributed by atoms with Crippen molar-refractivity contribution in [1.82, 2.24) is 4.31 Å². The maximum absolute atomic E-state index is 13.1. The number of amides is 2. The van der Waals surface area contributed by atoms with Crippen molar-refractivity contribution in [2.24, 2.45) is 5.92 Å². The number of hydrogen-bond donors (Lipinski definition) is 2. The second-order valence-electron chi connectivity index (χ2n) is 8.58. The number of carbonyl (C=O) groups excluding carboxylic acids is 2. The zero-order chi connectivity index (χ0) is 25.0. The number of rotatable bonds is 6. The lowest BCUT2D eigenvalue weighted by atomic mass is 10.0. The summed E-state index contributed by atoms with van der Waals surface area (Å²) < 4.78 is 27.7. The van der Waals surface area contributed by atoms with E-state index in [1.807, 2.05) is 0 Å². The lowest BCUT2D eigenvalue weighted by Crippen LogP contribution is -2.37. The molecule has 1 aliphatic heterocycles. The number of para-hydroxylation sites is 1. The molecule has 4 rings (SSSR count). The average molecular weight is 512 g/mol. The van der Waals surface area contributed by atoms with Crippen molar-refractivity contribution in [2.45, 2.75) is 24.7 Å². The monoisotopic (exact) mass is 511 g/mol. The Bertz CT molecular complexity index is 1330. The van der Waals surface area contributed by atoms with Gasteiger partial charge in [0.05, 0.1) is 16.1 Å². The summed E-state index contributed by atoms with van der Waals surface area (Å²) in [7, 11) is -3.69. The number of piperidine rings is 1. The Morgan fingerprint density at radius 1 is 0.886 bits per heavy atom. The molecule has 0 aromatic heterocycles. The van der Waals surface area contributed by atoms with Crippen LogP contribution in [0.15, 0.2) is 77.7 Å². The van der Waals surface area contributed by atoms with E-state index in [0.717, 1.165) is 12.8 Å². The van der Waals surface area contributed by atoms with Crippen LogP contribution in [0, 0.1) is 5.92 Å². The zero-order valence-electron chi connectivity index (χ0n) is 19.2. The minimum atomic E-state index is -3.69. The van der Waals surface area contributed by atoms with Crippen LogP contribution in [0.3, 0.4) is 0 Å². The van der Waals surface area contributed by atoms with Crippen LogP contribution in [0.5, 0.6) is 0 Å². The number of anilines is 2. The zero-order valence-corrected chi connectivity index (χ0v) is 20.8. The number of carbonyl (C=O) groups is 2. The first-order valence-corrected chi connectivity index (χ1v) is 13.1. The van der Waals surface area contributed by atoms with Gasteiger partial charge < -0.3 is 10.6 Å². The third-order valence-corrected chi connectivity index (χ3v) is 8.15. The molecule has 0 radical (unpaired) electrons. The number of sulfonamides is 1. The predicted molar refractivity (Wildman–Crippen MR) is 137 cm³/mol. The highest BCUT2D eigenvalue weighted by molar-refractivity contribution is 7.89. The van der Waals surface area contributed by atoms with E-state index in [9.17, 15) is 18.0 Å². The minimum Gasteiger partial charge on any atom is -0.322 e. The summed E-state index contributed by atoms with van der Waals surface area (Å²) in [4.78, 5) is 25.9. The molecule has 0 unspecified atom stereocenters. The molecule has 1 saturated heterocycles. The second kappa shape index (κ2) is 10.6. The SMILES string of the molecule is CC1CCN(S(=O)(=O)c2cccc(C(=O)Nc3ccccc3C(=O)Nc3ccc(Cl)cc3)c2)CC1.